The molecule has 0 amide bonds. The van der Waals surface area contributed by atoms with Gasteiger partial charge in [-0.3, -0.25) is 4.79 Å². The molecule has 0 unspecified atom stereocenters. The Morgan fingerprint density at radius 2 is 1.85 bits per heavy atom. The van der Waals surface area contributed by atoms with Gasteiger partial charge in [0.05, 0.1) is 17.8 Å². The molecule has 0 aliphatic heterocycles. The van der Waals surface area contributed by atoms with Gasteiger partial charge in [-0.1, -0.05) is 26.3 Å². The van der Waals surface area contributed by atoms with E-state index in [2.05, 4.69) is 20.8 Å². The summed E-state index contributed by atoms with van der Waals surface area (Å²) < 4.78 is 0. The summed E-state index contributed by atoms with van der Waals surface area (Å²) in [7, 11) is 0. The van der Waals surface area contributed by atoms with Gasteiger partial charge < -0.3 is 15.3 Å². The molecule has 26 heavy (non-hydrogen) atoms. The summed E-state index contributed by atoms with van der Waals surface area (Å²) in [6.45, 7) is 8.17. The minimum absolute atomic E-state index is 0.00520. The van der Waals surface area contributed by atoms with E-state index < -0.39 is 17.1 Å². The Kier molecular flexibility index (Phi) is 4.05. The molecule has 0 saturated heterocycles. The number of aliphatic hydroxyl groups excluding tert-OH is 2. The van der Waals surface area contributed by atoms with Crippen LogP contribution in [0.4, 0.5) is 0 Å². The Morgan fingerprint density at radius 3 is 2.50 bits per heavy atom. The van der Waals surface area contributed by atoms with Crippen LogP contribution >= 0.6 is 0 Å². The summed E-state index contributed by atoms with van der Waals surface area (Å²) >= 11 is 0. The lowest BCUT2D eigenvalue weighted by molar-refractivity contribution is -0.147. The lowest BCUT2D eigenvalue weighted by Gasteiger charge is -2.56. The van der Waals surface area contributed by atoms with Gasteiger partial charge in [0.25, 0.3) is 0 Å². The molecule has 0 heterocycles. The third kappa shape index (κ3) is 2.10. The molecule has 0 aromatic rings. The molecule has 0 spiro atoms. The zero-order valence-electron chi connectivity index (χ0n) is 16.6. The Hall–Kier alpha value is -0.710. The van der Waals surface area contributed by atoms with Gasteiger partial charge in [0, 0.05) is 11.8 Å². The molecular weight excluding hydrogens is 328 g/mol. The lowest BCUT2D eigenvalue weighted by atomic mass is 9.48. The predicted molar refractivity (Wildman–Crippen MR) is 99.3 cm³/mol. The van der Waals surface area contributed by atoms with Crippen molar-refractivity contribution >= 4 is 5.78 Å². The monoisotopic (exact) mass is 362 g/mol. The van der Waals surface area contributed by atoms with Crippen LogP contribution in [0, 0.1) is 28.6 Å². The standard InChI is InChI=1S/C22H34O4/c1-12-16-11-18(25)19-14(20(16,3)8-7-17(12)24)5-9-21(4)15(19)6-10-22(21,26)13(2)23/h12-13,15-17,23-24,26H,5-11H2,1-4H3/t12-,13+,15-,16-,17+,20+,21-,22-/m0/s1. The van der Waals surface area contributed by atoms with Gasteiger partial charge in [0.15, 0.2) is 5.78 Å². The van der Waals surface area contributed by atoms with Crippen molar-refractivity contribution < 1.29 is 20.1 Å². The van der Waals surface area contributed by atoms with E-state index in [0.717, 1.165) is 37.7 Å². The molecular formula is C22H34O4. The van der Waals surface area contributed by atoms with Gasteiger partial charge in [-0.05, 0) is 74.2 Å². The van der Waals surface area contributed by atoms with E-state index in [0.29, 0.717) is 12.8 Å². The van der Waals surface area contributed by atoms with Crippen molar-refractivity contribution in [2.45, 2.75) is 90.4 Å². The number of allylic oxidation sites excluding steroid dienone is 2. The summed E-state index contributed by atoms with van der Waals surface area (Å²) in [5.41, 5.74) is 0.755. The highest BCUT2D eigenvalue weighted by Crippen LogP contribution is 2.66. The SMILES string of the molecule is C[C@@H]1[C@H](O)CC[C@]2(C)C3=C(C(=O)C[C@@H]12)[C@@H]1CC[C@](O)([C@@H](C)O)[C@@]1(C)CC3. The number of fused-ring (bicyclic) bond motifs is 4. The van der Waals surface area contributed by atoms with Crippen molar-refractivity contribution in [3.63, 3.8) is 0 Å². The van der Waals surface area contributed by atoms with Gasteiger partial charge in [0.1, 0.15) is 0 Å². The smallest absolute Gasteiger partial charge is 0.159 e. The summed E-state index contributed by atoms with van der Waals surface area (Å²) in [4.78, 5) is 13.3. The molecule has 0 radical (unpaired) electrons. The van der Waals surface area contributed by atoms with Crippen LogP contribution in [0.5, 0.6) is 0 Å². The maximum absolute atomic E-state index is 13.3. The lowest BCUT2D eigenvalue weighted by Crippen LogP contribution is -2.56. The minimum Gasteiger partial charge on any atom is -0.393 e. The topological polar surface area (TPSA) is 77.8 Å². The fourth-order valence-corrected chi connectivity index (χ4v) is 7.34. The molecule has 4 aliphatic carbocycles. The molecule has 2 fully saturated rings. The Morgan fingerprint density at radius 1 is 1.15 bits per heavy atom. The fourth-order valence-electron chi connectivity index (χ4n) is 7.34. The van der Waals surface area contributed by atoms with Crippen molar-refractivity contribution in [3.8, 4) is 0 Å². The Labute approximate surface area is 156 Å². The third-order valence-corrected chi connectivity index (χ3v) is 9.25. The van der Waals surface area contributed by atoms with E-state index in [1.807, 2.05) is 0 Å². The summed E-state index contributed by atoms with van der Waals surface area (Å²) in [5.74, 6) is 0.657. The van der Waals surface area contributed by atoms with Crippen molar-refractivity contribution in [2.75, 3.05) is 0 Å². The average molecular weight is 363 g/mol. The van der Waals surface area contributed by atoms with Crippen LogP contribution in [0.1, 0.15) is 72.6 Å². The fraction of sp³-hybridized carbons (Fsp3) is 0.864. The van der Waals surface area contributed by atoms with Crippen LogP contribution < -0.4 is 0 Å². The van der Waals surface area contributed by atoms with Crippen molar-refractivity contribution in [3.05, 3.63) is 11.1 Å². The van der Waals surface area contributed by atoms with E-state index in [1.54, 1.807) is 6.92 Å². The third-order valence-electron chi connectivity index (χ3n) is 9.25. The highest BCUT2D eigenvalue weighted by molar-refractivity contribution is 5.98. The number of aliphatic hydroxyl groups is 3. The normalized spacial score (nSPS) is 52.3. The number of hydrogen-bond acceptors (Lipinski definition) is 4. The van der Waals surface area contributed by atoms with Crippen LogP contribution in [-0.4, -0.2) is 38.9 Å². The van der Waals surface area contributed by atoms with Gasteiger partial charge in [-0.15, -0.1) is 0 Å². The second kappa shape index (κ2) is 5.65. The maximum Gasteiger partial charge on any atom is 0.159 e. The average Bonchev–Trinajstić information content (AvgIpc) is 2.86. The summed E-state index contributed by atoms with van der Waals surface area (Å²) in [5, 5.41) is 31.9. The number of ketones is 1. The molecule has 146 valence electrons. The number of Topliss-reactive ketones (excluding diaryl/α,β-unsaturated/α-hetero) is 1. The summed E-state index contributed by atoms with van der Waals surface area (Å²) in [6.07, 6.45) is 4.18. The number of carbonyl (C=O) groups excluding carboxylic acids is 1. The van der Waals surface area contributed by atoms with Crippen LogP contribution in [-0.2, 0) is 4.79 Å². The second-order valence-corrected chi connectivity index (χ2v) is 10.1. The van der Waals surface area contributed by atoms with Gasteiger partial charge in [0.2, 0.25) is 0 Å². The minimum atomic E-state index is -1.11. The molecule has 2 saturated carbocycles. The first-order valence-corrected chi connectivity index (χ1v) is 10.4. The highest BCUT2D eigenvalue weighted by atomic mass is 16.3. The van der Waals surface area contributed by atoms with Crippen LogP contribution in [0.2, 0.25) is 0 Å². The molecule has 4 aliphatic rings. The van der Waals surface area contributed by atoms with Crippen molar-refractivity contribution in [2.24, 2.45) is 28.6 Å². The van der Waals surface area contributed by atoms with E-state index in [1.165, 1.54) is 5.57 Å². The Bertz CT molecular complexity index is 667. The Balaban J connectivity index is 1.80. The van der Waals surface area contributed by atoms with Gasteiger partial charge in [-0.2, -0.15) is 0 Å². The van der Waals surface area contributed by atoms with Crippen LogP contribution in [0.3, 0.4) is 0 Å². The van der Waals surface area contributed by atoms with E-state index in [4.69, 9.17) is 0 Å². The molecule has 4 nitrogen and oxygen atoms in total. The number of carbonyl (C=O) groups is 1. The van der Waals surface area contributed by atoms with Gasteiger partial charge in [-0.25, -0.2) is 0 Å². The van der Waals surface area contributed by atoms with Crippen LogP contribution in [0.25, 0.3) is 0 Å². The molecule has 8 atom stereocenters. The van der Waals surface area contributed by atoms with Crippen molar-refractivity contribution in [1.29, 1.82) is 0 Å². The van der Waals surface area contributed by atoms with Gasteiger partial charge >= 0.3 is 0 Å². The second-order valence-electron chi connectivity index (χ2n) is 10.1. The zero-order chi connectivity index (χ0) is 19.1. The predicted octanol–water partition coefficient (Wildman–Crippen LogP) is 2.99. The first-order valence-electron chi connectivity index (χ1n) is 10.4. The maximum atomic E-state index is 13.3. The first-order chi connectivity index (χ1) is 12.1. The highest BCUT2D eigenvalue weighted by Gasteiger charge is 2.64. The molecule has 4 rings (SSSR count). The van der Waals surface area contributed by atoms with E-state index in [-0.39, 0.29) is 35.1 Å². The zero-order valence-corrected chi connectivity index (χ0v) is 16.6. The van der Waals surface area contributed by atoms with Crippen LogP contribution in [0.15, 0.2) is 11.1 Å². The number of hydrogen-bond donors (Lipinski definition) is 3. The van der Waals surface area contributed by atoms with E-state index >= 15 is 0 Å². The molecule has 3 N–H and O–H groups in total. The summed E-state index contributed by atoms with van der Waals surface area (Å²) in [6, 6.07) is 0. The molecule has 4 heteroatoms. The largest absolute Gasteiger partial charge is 0.393 e. The van der Waals surface area contributed by atoms with E-state index in [9.17, 15) is 20.1 Å². The first kappa shape index (κ1) is 18.6. The number of rotatable bonds is 1. The molecule has 0 bridgehead atoms. The molecule has 0 aromatic carbocycles. The quantitative estimate of drug-likeness (QED) is 0.670. The van der Waals surface area contributed by atoms with Crippen molar-refractivity contribution in [1.82, 2.24) is 0 Å². The molecule has 0 aromatic heterocycles.